The second-order valence-corrected chi connectivity index (χ2v) is 5.41. The zero-order valence-corrected chi connectivity index (χ0v) is 12.5. The Morgan fingerprint density at radius 1 is 1.11 bits per heavy atom. The van der Waals surface area contributed by atoms with E-state index in [4.69, 9.17) is 15.2 Å². The largest absolute Gasteiger partial charge is 0.496 e. The van der Waals surface area contributed by atoms with E-state index in [1.165, 1.54) is 5.56 Å². The average Bonchev–Trinajstić information content (AvgIpc) is 2.89. The number of hydrogen-bond donors (Lipinski definition) is 1. The van der Waals surface area contributed by atoms with Crippen molar-refractivity contribution in [1.82, 2.24) is 0 Å². The van der Waals surface area contributed by atoms with Crippen LogP contribution in [0, 0.1) is 13.8 Å². The summed E-state index contributed by atoms with van der Waals surface area (Å²) in [5, 5.41) is 1.99. The van der Waals surface area contributed by atoms with Crippen molar-refractivity contribution in [2.75, 3.05) is 14.2 Å². The van der Waals surface area contributed by atoms with Crippen LogP contribution >= 0.6 is 11.3 Å². The predicted octanol–water partition coefficient (Wildman–Crippen LogP) is 3.43. The van der Waals surface area contributed by atoms with Gasteiger partial charge >= 0.3 is 0 Å². The first-order valence-electron chi connectivity index (χ1n) is 6.11. The summed E-state index contributed by atoms with van der Waals surface area (Å²) < 4.78 is 10.9. The zero-order chi connectivity index (χ0) is 14.0. The smallest absolute Gasteiger partial charge is 0.134 e. The first-order valence-corrected chi connectivity index (χ1v) is 6.99. The van der Waals surface area contributed by atoms with Gasteiger partial charge in [-0.3, -0.25) is 0 Å². The summed E-state index contributed by atoms with van der Waals surface area (Å²) in [6.07, 6.45) is 0. The molecule has 0 fully saturated rings. The monoisotopic (exact) mass is 277 g/mol. The predicted molar refractivity (Wildman–Crippen MR) is 79.4 cm³/mol. The molecule has 1 aromatic carbocycles. The summed E-state index contributed by atoms with van der Waals surface area (Å²) in [7, 11) is 3.35. The van der Waals surface area contributed by atoms with Crippen molar-refractivity contribution in [2.24, 2.45) is 5.73 Å². The lowest BCUT2D eigenvalue weighted by Gasteiger charge is -2.18. The third-order valence-corrected chi connectivity index (χ3v) is 4.39. The van der Waals surface area contributed by atoms with Crippen LogP contribution in [0.4, 0.5) is 0 Å². The summed E-state index contributed by atoms with van der Waals surface area (Å²) in [5.41, 5.74) is 9.71. The fourth-order valence-corrected chi connectivity index (χ4v) is 3.05. The highest BCUT2D eigenvalue weighted by atomic mass is 32.1. The molecule has 0 radical (unpaired) electrons. The number of rotatable bonds is 4. The lowest BCUT2D eigenvalue weighted by molar-refractivity contribution is 0.400. The first-order chi connectivity index (χ1) is 9.10. The van der Waals surface area contributed by atoms with Crippen molar-refractivity contribution in [2.45, 2.75) is 19.9 Å². The SMILES string of the molecule is COc1ccsc1C(N)c1ccc(C)c(C)c1OC. The van der Waals surface area contributed by atoms with Crippen LogP contribution in [0.3, 0.4) is 0 Å². The van der Waals surface area contributed by atoms with Gasteiger partial charge in [-0.2, -0.15) is 0 Å². The van der Waals surface area contributed by atoms with Gasteiger partial charge in [-0.15, -0.1) is 11.3 Å². The van der Waals surface area contributed by atoms with E-state index >= 15 is 0 Å². The number of thiophene rings is 1. The van der Waals surface area contributed by atoms with Gasteiger partial charge in [0.05, 0.1) is 25.1 Å². The third-order valence-electron chi connectivity index (χ3n) is 3.41. The van der Waals surface area contributed by atoms with Gasteiger partial charge in [-0.1, -0.05) is 12.1 Å². The molecule has 2 rings (SSSR count). The third kappa shape index (κ3) is 2.46. The highest BCUT2D eigenvalue weighted by molar-refractivity contribution is 7.10. The summed E-state index contributed by atoms with van der Waals surface area (Å²) in [4.78, 5) is 1.02. The lowest BCUT2D eigenvalue weighted by Crippen LogP contribution is -2.13. The second-order valence-electron chi connectivity index (χ2n) is 4.46. The molecule has 2 aromatic rings. The van der Waals surface area contributed by atoms with Gasteiger partial charge in [0.1, 0.15) is 11.5 Å². The molecule has 0 amide bonds. The molecular weight excluding hydrogens is 258 g/mol. The van der Waals surface area contributed by atoms with Gasteiger partial charge in [0.15, 0.2) is 0 Å². The van der Waals surface area contributed by atoms with Gasteiger partial charge in [0, 0.05) is 5.56 Å². The minimum atomic E-state index is -0.232. The summed E-state index contributed by atoms with van der Waals surface area (Å²) in [5.74, 6) is 1.70. The molecule has 0 aliphatic heterocycles. The Morgan fingerprint density at radius 3 is 2.47 bits per heavy atom. The van der Waals surface area contributed by atoms with Crippen LogP contribution in [0.25, 0.3) is 0 Å². The van der Waals surface area contributed by atoms with Crippen LogP contribution in [0.5, 0.6) is 11.5 Å². The molecule has 1 unspecified atom stereocenters. The normalized spacial score (nSPS) is 12.3. The molecule has 0 aliphatic carbocycles. The van der Waals surface area contributed by atoms with Crippen LogP contribution < -0.4 is 15.2 Å². The van der Waals surface area contributed by atoms with Crippen molar-refractivity contribution >= 4 is 11.3 Å². The van der Waals surface area contributed by atoms with E-state index < -0.39 is 0 Å². The van der Waals surface area contributed by atoms with Crippen LogP contribution in [0.1, 0.15) is 27.6 Å². The summed E-state index contributed by atoms with van der Waals surface area (Å²) in [6.45, 7) is 4.12. The molecule has 102 valence electrons. The van der Waals surface area contributed by atoms with Crippen molar-refractivity contribution in [3.05, 3.63) is 45.1 Å². The Kier molecular flexibility index (Phi) is 4.12. The Morgan fingerprint density at radius 2 is 1.84 bits per heavy atom. The lowest BCUT2D eigenvalue weighted by atomic mass is 9.98. The van der Waals surface area contributed by atoms with Gasteiger partial charge in [-0.05, 0) is 36.4 Å². The molecule has 1 heterocycles. The Hall–Kier alpha value is -1.52. The Labute approximate surface area is 118 Å². The quantitative estimate of drug-likeness (QED) is 0.931. The summed E-state index contributed by atoms with van der Waals surface area (Å²) >= 11 is 1.60. The summed E-state index contributed by atoms with van der Waals surface area (Å²) in [6, 6.07) is 5.81. The number of nitrogens with two attached hydrogens (primary N) is 1. The van der Waals surface area contributed by atoms with E-state index in [0.29, 0.717) is 0 Å². The van der Waals surface area contributed by atoms with E-state index in [2.05, 4.69) is 19.9 Å². The fraction of sp³-hybridized carbons (Fsp3) is 0.333. The number of methoxy groups -OCH3 is 2. The highest BCUT2D eigenvalue weighted by Crippen LogP contribution is 2.38. The zero-order valence-electron chi connectivity index (χ0n) is 11.7. The maximum Gasteiger partial charge on any atom is 0.134 e. The molecule has 4 heteroatoms. The molecule has 0 saturated carbocycles. The molecule has 2 N–H and O–H groups in total. The topological polar surface area (TPSA) is 44.5 Å². The molecule has 0 aliphatic rings. The maximum atomic E-state index is 6.38. The van der Waals surface area contributed by atoms with E-state index in [-0.39, 0.29) is 6.04 Å². The number of ether oxygens (including phenoxy) is 2. The van der Waals surface area contributed by atoms with E-state index in [1.807, 2.05) is 17.5 Å². The Bertz CT molecular complexity index is 578. The van der Waals surface area contributed by atoms with Crippen molar-refractivity contribution in [3.63, 3.8) is 0 Å². The number of benzene rings is 1. The van der Waals surface area contributed by atoms with E-state index in [1.54, 1.807) is 25.6 Å². The van der Waals surface area contributed by atoms with Crippen LogP contribution in [0.2, 0.25) is 0 Å². The molecule has 19 heavy (non-hydrogen) atoms. The minimum Gasteiger partial charge on any atom is -0.496 e. The standard InChI is InChI=1S/C15H19NO2S/c1-9-5-6-11(14(18-4)10(9)2)13(16)15-12(17-3)7-8-19-15/h5-8,13H,16H2,1-4H3. The van der Waals surface area contributed by atoms with Crippen LogP contribution in [0.15, 0.2) is 23.6 Å². The minimum absolute atomic E-state index is 0.232. The van der Waals surface area contributed by atoms with E-state index in [9.17, 15) is 0 Å². The maximum absolute atomic E-state index is 6.38. The van der Waals surface area contributed by atoms with Crippen molar-refractivity contribution < 1.29 is 9.47 Å². The molecule has 0 spiro atoms. The van der Waals surface area contributed by atoms with Gasteiger partial charge in [0.25, 0.3) is 0 Å². The first kappa shape index (κ1) is 13.9. The molecular formula is C15H19NO2S. The van der Waals surface area contributed by atoms with Crippen molar-refractivity contribution in [1.29, 1.82) is 0 Å². The molecule has 1 aromatic heterocycles. The molecule has 3 nitrogen and oxygen atoms in total. The van der Waals surface area contributed by atoms with Crippen molar-refractivity contribution in [3.8, 4) is 11.5 Å². The highest BCUT2D eigenvalue weighted by Gasteiger charge is 2.20. The molecule has 1 atom stereocenters. The second kappa shape index (κ2) is 5.63. The van der Waals surface area contributed by atoms with E-state index in [0.717, 1.165) is 27.5 Å². The van der Waals surface area contributed by atoms with Gasteiger partial charge in [-0.25, -0.2) is 0 Å². The van der Waals surface area contributed by atoms with Gasteiger partial charge < -0.3 is 15.2 Å². The fourth-order valence-electron chi connectivity index (χ4n) is 2.17. The van der Waals surface area contributed by atoms with Gasteiger partial charge in [0.2, 0.25) is 0 Å². The molecule has 0 bridgehead atoms. The Balaban J connectivity index is 2.50. The molecule has 0 saturated heterocycles. The van der Waals surface area contributed by atoms with Crippen LogP contribution in [-0.4, -0.2) is 14.2 Å². The average molecular weight is 277 g/mol. The van der Waals surface area contributed by atoms with Crippen LogP contribution in [-0.2, 0) is 0 Å². The number of aryl methyl sites for hydroxylation is 1. The number of hydrogen-bond acceptors (Lipinski definition) is 4.